The second kappa shape index (κ2) is 5.32. The molecule has 0 radical (unpaired) electrons. The summed E-state index contributed by atoms with van der Waals surface area (Å²) in [5, 5.41) is 12.3. The van der Waals surface area contributed by atoms with Crippen LogP contribution in [0.4, 0.5) is 0 Å². The summed E-state index contributed by atoms with van der Waals surface area (Å²) in [5.74, 6) is -0.0411. The van der Waals surface area contributed by atoms with Crippen LogP contribution in [-0.2, 0) is 6.54 Å². The van der Waals surface area contributed by atoms with Crippen LogP contribution in [0.2, 0.25) is 0 Å². The lowest BCUT2D eigenvalue weighted by atomic mass is 9.80. The Morgan fingerprint density at radius 3 is 2.53 bits per heavy atom. The zero-order valence-corrected chi connectivity index (χ0v) is 10.1. The van der Waals surface area contributed by atoms with E-state index in [0.717, 1.165) is 18.0 Å². The minimum Gasteiger partial charge on any atom is -0.478 e. The molecule has 1 aliphatic rings. The topological polar surface area (TPSA) is 49.3 Å². The Morgan fingerprint density at radius 1 is 1.41 bits per heavy atom. The van der Waals surface area contributed by atoms with Gasteiger partial charge in [-0.1, -0.05) is 18.6 Å². The smallest absolute Gasteiger partial charge is 0.335 e. The summed E-state index contributed by atoms with van der Waals surface area (Å²) >= 11 is 0. The van der Waals surface area contributed by atoms with E-state index in [1.165, 1.54) is 19.3 Å². The van der Waals surface area contributed by atoms with Gasteiger partial charge in [0.15, 0.2) is 0 Å². The predicted octanol–water partition coefficient (Wildman–Crippen LogP) is 2.66. The van der Waals surface area contributed by atoms with Gasteiger partial charge in [0.2, 0.25) is 0 Å². The molecule has 1 aliphatic carbocycles. The van der Waals surface area contributed by atoms with Gasteiger partial charge in [0.1, 0.15) is 0 Å². The molecule has 1 aromatic rings. The van der Waals surface area contributed by atoms with Gasteiger partial charge in [-0.15, -0.1) is 0 Å². The van der Waals surface area contributed by atoms with E-state index in [4.69, 9.17) is 5.11 Å². The first-order chi connectivity index (χ1) is 8.16. The Bertz CT molecular complexity index is 382. The highest BCUT2D eigenvalue weighted by Crippen LogP contribution is 2.29. The molecule has 1 fully saturated rings. The summed E-state index contributed by atoms with van der Waals surface area (Å²) < 4.78 is 0. The zero-order chi connectivity index (χ0) is 12.3. The molecule has 2 N–H and O–H groups in total. The lowest BCUT2D eigenvalue weighted by molar-refractivity contribution is 0.0697. The van der Waals surface area contributed by atoms with Crippen molar-refractivity contribution in [2.75, 3.05) is 0 Å². The standard InChI is InChI=1S/C14H19NO2/c1-10(12-3-2-4-12)15-9-11-5-7-13(8-6-11)14(16)17/h5-8,10,12,15H,2-4,9H2,1H3,(H,16,17). The van der Waals surface area contributed by atoms with E-state index < -0.39 is 5.97 Å². The molecule has 0 aliphatic heterocycles. The number of hydrogen-bond acceptors (Lipinski definition) is 2. The van der Waals surface area contributed by atoms with E-state index in [2.05, 4.69) is 12.2 Å². The van der Waals surface area contributed by atoms with Gasteiger partial charge >= 0.3 is 5.97 Å². The Kier molecular flexibility index (Phi) is 3.79. The summed E-state index contributed by atoms with van der Waals surface area (Å²) in [5.41, 5.74) is 1.49. The van der Waals surface area contributed by atoms with Crippen LogP contribution >= 0.6 is 0 Å². The monoisotopic (exact) mass is 233 g/mol. The van der Waals surface area contributed by atoms with Crippen LogP contribution in [0, 0.1) is 5.92 Å². The maximum Gasteiger partial charge on any atom is 0.335 e. The Hall–Kier alpha value is -1.35. The van der Waals surface area contributed by atoms with E-state index in [1.54, 1.807) is 12.1 Å². The highest BCUT2D eigenvalue weighted by Gasteiger charge is 2.23. The maximum absolute atomic E-state index is 10.7. The lowest BCUT2D eigenvalue weighted by Gasteiger charge is -2.32. The number of rotatable bonds is 5. The van der Waals surface area contributed by atoms with Gasteiger partial charge in [-0.05, 0) is 43.4 Å². The van der Waals surface area contributed by atoms with Crippen molar-refractivity contribution in [3.05, 3.63) is 35.4 Å². The number of benzene rings is 1. The van der Waals surface area contributed by atoms with Crippen molar-refractivity contribution in [3.8, 4) is 0 Å². The number of carboxylic acids is 1. The first-order valence-corrected chi connectivity index (χ1v) is 6.22. The molecule has 0 bridgehead atoms. The van der Waals surface area contributed by atoms with Gasteiger partial charge in [0, 0.05) is 12.6 Å². The van der Waals surface area contributed by atoms with Crippen molar-refractivity contribution in [1.82, 2.24) is 5.32 Å². The van der Waals surface area contributed by atoms with Gasteiger partial charge < -0.3 is 10.4 Å². The molecule has 2 rings (SSSR count). The molecule has 92 valence electrons. The van der Waals surface area contributed by atoms with Crippen LogP contribution in [0.15, 0.2) is 24.3 Å². The Labute approximate surface area is 102 Å². The van der Waals surface area contributed by atoms with Crippen LogP contribution in [0.3, 0.4) is 0 Å². The zero-order valence-electron chi connectivity index (χ0n) is 10.1. The minimum absolute atomic E-state index is 0.348. The second-order valence-corrected chi connectivity index (χ2v) is 4.86. The molecule has 1 unspecified atom stereocenters. The summed E-state index contributed by atoms with van der Waals surface area (Å²) in [6, 6.07) is 7.64. The molecule has 0 saturated heterocycles. The van der Waals surface area contributed by atoms with Crippen molar-refractivity contribution in [2.45, 2.75) is 38.8 Å². The van der Waals surface area contributed by atoms with Crippen molar-refractivity contribution in [3.63, 3.8) is 0 Å². The third-order valence-electron chi connectivity index (χ3n) is 3.69. The van der Waals surface area contributed by atoms with Crippen molar-refractivity contribution >= 4 is 5.97 Å². The van der Waals surface area contributed by atoms with E-state index in [0.29, 0.717) is 11.6 Å². The number of carboxylic acid groups (broad SMARTS) is 1. The molecular weight excluding hydrogens is 214 g/mol. The quantitative estimate of drug-likeness (QED) is 0.822. The van der Waals surface area contributed by atoms with Gasteiger partial charge in [-0.25, -0.2) is 4.79 Å². The first-order valence-electron chi connectivity index (χ1n) is 6.22. The largest absolute Gasteiger partial charge is 0.478 e. The molecule has 1 saturated carbocycles. The SMILES string of the molecule is CC(NCc1ccc(C(=O)O)cc1)C1CCC1. The van der Waals surface area contributed by atoms with Crippen molar-refractivity contribution in [1.29, 1.82) is 0 Å². The summed E-state index contributed by atoms with van der Waals surface area (Å²) in [6.45, 7) is 3.05. The Morgan fingerprint density at radius 2 is 2.06 bits per heavy atom. The van der Waals surface area contributed by atoms with Gasteiger partial charge in [-0.3, -0.25) is 0 Å². The molecule has 0 heterocycles. The van der Waals surface area contributed by atoms with Crippen LogP contribution in [-0.4, -0.2) is 17.1 Å². The summed E-state index contributed by atoms with van der Waals surface area (Å²) in [7, 11) is 0. The van der Waals surface area contributed by atoms with Gasteiger partial charge in [0.25, 0.3) is 0 Å². The molecular formula is C14H19NO2. The third-order valence-corrected chi connectivity index (χ3v) is 3.69. The normalized spacial score (nSPS) is 17.5. The number of aromatic carboxylic acids is 1. The molecule has 3 heteroatoms. The first kappa shape index (κ1) is 12.1. The average Bonchev–Trinajstić information content (AvgIpc) is 2.24. The highest BCUT2D eigenvalue weighted by atomic mass is 16.4. The number of hydrogen-bond donors (Lipinski definition) is 2. The van der Waals surface area contributed by atoms with Crippen LogP contribution in [0.1, 0.15) is 42.1 Å². The predicted molar refractivity (Wildman–Crippen MR) is 67.0 cm³/mol. The molecule has 1 atom stereocenters. The molecule has 1 aromatic carbocycles. The van der Waals surface area contributed by atoms with Gasteiger partial charge in [-0.2, -0.15) is 0 Å². The molecule has 3 nitrogen and oxygen atoms in total. The van der Waals surface area contributed by atoms with E-state index in [9.17, 15) is 4.79 Å². The van der Waals surface area contributed by atoms with E-state index >= 15 is 0 Å². The van der Waals surface area contributed by atoms with Crippen molar-refractivity contribution in [2.24, 2.45) is 5.92 Å². The average molecular weight is 233 g/mol. The molecule has 0 amide bonds. The minimum atomic E-state index is -0.868. The number of nitrogens with one attached hydrogen (secondary N) is 1. The Balaban J connectivity index is 1.84. The van der Waals surface area contributed by atoms with Crippen LogP contribution in [0.5, 0.6) is 0 Å². The molecule has 0 aromatic heterocycles. The second-order valence-electron chi connectivity index (χ2n) is 4.86. The number of carbonyl (C=O) groups is 1. The third kappa shape index (κ3) is 3.07. The fourth-order valence-corrected chi connectivity index (χ4v) is 2.15. The van der Waals surface area contributed by atoms with E-state index in [1.807, 2.05) is 12.1 Å². The van der Waals surface area contributed by atoms with Gasteiger partial charge in [0.05, 0.1) is 5.56 Å². The van der Waals surface area contributed by atoms with E-state index in [-0.39, 0.29) is 0 Å². The lowest BCUT2D eigenvalue weighted by Crippen LogP contribution is -2.36. The fraction of sp³-hybridized carbons (Fsp3) is 0.500. The summed E-state index contributed by atoms with van der Waals surface area (Å²) in [6.07, 6.45) is 4.04. The van der Waals surface area contributed by atoms with Crippen LogP contribution in [0.25, 0.3) is 0 Å². The maximum atomic E-state index is 10.7. The molecule has 0 spiro atoms. The fourth-order valence-electron chi connectivity index (χ4n) is 2.15. The highest BCUT2D eigenvalue weighted by molar-refractivity contribution is 5.87. The van der Waals surface area contributed by atoms with Crippen LogP contribution < -0.4 is 5.32 Å². The van der Waals surface area contributed by atoms with Crippen molar-refractivity contribution < 1.29 is 9.90 Å². The molecule has 17 heavy (non-hydrogen) atoms. The summed E-state index contributed by atoms with van der Waals surface area (Å²) in [4.78, 5) is 10.7.